The molecule has 0 aromatic carbocycles. The number of hydrogen-bond donors (Lipinski definition) is 2. The third kappa shape index (κ3) is 4.04. The van der Waals surface area contributed by atoms with Gasteiger partial charge in [0.1, 0.15) is 6.04 Å². The van der Waals surface area contributed by atoms with Gasteiger partial charge in [0.15, 0.2) is 0 Å². The van der Waals surface area contributed by atoms with Crippen LogP contribution in [0.2, 0.25) is 0 Å². The summed E-state index contributed by atoms with van der Waals surface area (Å²) in [4.78, 5) is 22.7. The van der Waals surface area contributed by atoms with Gasteiger partial charge in [-0.2, -0.15) is 11.8 Å². The summed E-state index contributed by atoms with van der Waals surface area (Å²) in [5, 5.41) is 11.6. The largest absolute Gasteiger partial charge is 0.480 e. The second kappa shape index (κ2) is 6.78. The lowest BCUT2D eigenvalue weighted by Crippen LogP contribution is -2.43. The number of nitrogens with one attached hydrogen (secondary N) is 1. The molecule has 5 heteroatoms. The number of amides is 1. The molecule has 0 spiro atoms. The highest BCUT2D eigenvalue weighted by Gasteiger charge is 2.27. The molecule has 1 saturated heterocycles. The summed E-state index contributed by atoms with van der Waals surface area (Å²) in [7, 11) is 0. The highest BCUT2D eigenvalue weighted by molar-refractivity contribution is 7.99. The van der Waals surface area contributed by atoms with E-state index in [-0.39, 0.29) is 11.8 Å². The summed E-state index contributed by atoms with van der Waals surface area (Å²) < 4.78 is 0. The summed E-state index contributed by atoms with van der Waals surface area (Å²) >= 11 is 1.76. The summed E-state index contributed by atoms with van der Waals surface area (Å²) in [6, 6.07) is -0.710. The number of unbranched alkanes of at least 4 members (excludes halogenated alkanes) is 1. The SMILES string of the molecule is CCCCC(NC(=O)C1CCSC1)C(=O)O. The number of carbonyl (C=O) groups is 2. The number of carboxylic acids is 1. The molecule has 1 fully saturated rings. The molecule has 4 nitrogen and oxygen atoms in total. The number of aliphatic carboxylic acids is 1. The molecular formula is C11H19NO3S. The Hall–Kier alpha value is -0.710. The van der Waals surface area contributed by atoms with Gasteiger partial charge in [0.25, 0.3) is 0 Å². The molecule has 1 amide bonds. The molecule has 0 aromatic rings. The quantitative estimate of drug-likeness (QED) is 0.744. The van der Waals surface area contributed by atoms with Crippen LogP contribution in [-0.4, -0.2) is 34.5 Å². The van der Waals surface area contributed by atoms with Gasteiger partial charge < -0.3 is 10.4 Å². The minimum atomic E-state index is -0.924. The summed E-state index contributed by atoms with van der Waals surface area (Å²) in [5.74, 6) is 0.825. The zero-order valence-electron chi connectivity index (χ0n) is 9.57. The molecule has 0 saturated carbocycles. The number of hydrogen-bond acceptors (Lipinski definition) is 3. The predicted octanol–water partition coefficient (Wildman–Crippen LogP) is 1.50. The third-order valence-electron chi connectivity index (χ3n) is 2.76. The maximum Gasteiger partial charge on any atom is 0.326 e. The van der Waals surface area contributed by atoms with Crippen LogP contribution >= 0.6 is 11.8 Å². The van der Waals surface area contributed by atoms with Crippen LogP contribution < -0.4 is 5.32 Å². The normalized spacial score (nSPS) is 21.7. The first-order chi connectivity index (χ1) is 7.65. The van der Waals surface area contributed by atoms with Crippen LogP contribution in [0.5, 0.6) is 0 Å². The van der Waals surface area contributed by atoms with Gasteiger partial charge in [-0.1, -0.05) is 19.8 Å². The van der Waals surface area contributed by atoms with Gasteiger partial charge in [0, 0.05) is 11.7 Å². The highest BCUT2D eigenvalue weighted by Crippen LogP contribution is 2.23. The second-order valence-electron chi connectivity index (χ2n) is 4.10. The van der Waals surface area contributed by atoms with Crippen molar-refractivity contribution in [3.63, 3.8) is 0 Å². The van der Waals surface area contributed by atoms with Crippen LogP contribution in [0.15, 0.2) is 0 Å². The molecule has 0 bridgehead atoms. The van der Waals surface area contributed by atoms with Gasteiger partial charge >= 0.3 is 5.97 Å². The van der Waals surface area contributed by atoms with Crippen molar-refractivity contribution < 1.29 is 14.7 Å². The molecule has 2 unspecified atom stereocenters. The van der Waals surface area contributed by atoms with Crippen LogP contribution in [0.25, 0.3) is 0 Å². The first kappa shape index (κ1) is 13.4. The minimum absolute atomic E-state index is 0.00785. The van der Waals surface area contributed by atoms with E-state index in [1.54, 1.807) is 11.8 Å². The van der Waals surface area contributed by atoms with E-state index in [9.17, 15) is 9.59 Å². The molecule has 2 atom stereocenters. The third-order valence-corrected chi connectivity index (χ3v) is 3.92. The van der Waals surface area contributed by atoms with Crippen molar-refractivity contribution in [2.45, 2.75) is 38.6 Å². The van der Waals surface area contributed by atoms with Gasteiger partial charge in [-0.25, -0.2) is 4.79 Å². The Morgan fingerprint density at radius 3 is 2.81 bits per heavy atom. The molecule has 2 N–H and O–H groups in total. The van der Waals surface area contributed by atoms with Crippen LogP contribution in [-0.2, 0) is 9.59 Å². The first-order valence-electron chi connectivity index (χ1n) is 5.76. The van der Waals surface area contributed by atoms with Gasteiger partial charge in [0.05, 0.1) is 0 Å². The molecule has 1 aliphatic heterocycles. The Morgan fingerprint density at radius 1 is 1.56 bits per heavy atom. The smallest absolute Gasteiger partial charge is 0.326 e. The molecule has 0 aliphatic carbocycles. The van der Waals surface area contributed by atoms with Crippen LogP contribution in [0.1, 0.15) is 32.6 Å². The van der Waals surface area contributed by atoms with E-state index < -0.39 is 12.0 Å². The fourth-order valence-corrected chi connectivity index (χ4v) is 2.92. The van der Waals surface area contributed by atoms with Crippen LogP contribution in [0.4, 0.5) is 0 Å². The number of carbonyl (C=O) groups excluding carboxylic acids is 1. The molecule has 16 heavy (non-hydrogen) atoms. The zero-order chi connectivity index (χ0) is 12.0. The molecule has 92 valence electrons. The average Bonchev–Trinajstić information content (AvgIpc) is 2.76. The molecule has 0 radical (unpaired) electrons. The molecule has 0 aromatic heterocycles. The lowest BCUT2D eigenvalue weighted by atomic mass is 10.1. The maximum atomic E-state index is 11.7. The Morgan fingerprint density at radius 2 is 2.31 bits per heavy atom. The van der Waals surface area contributed by atoms with E-state index in [2.05, 4.69) is 5.32 Å². The van der Waals surface area contributed by atoms with Crippen molar-refractivity contribution >= 4 is 23.6 Å². The zero-order valence-corrected chi connectivity index (χ0v) is 10.4. The van der Waals surface area contributed by atoms with Crippen LogP contribution in [0.3, 0.4) is 0 Å². The average molecular weight is 245 g/mol. The molecule has 1 rings (SSSR count). The Balaban J connectivity index is 2.40. The summed E-state index contributed by atoms with van der Waals surface area (Å²) in [6.45, 7) is 2.01. The summed E-state index contributed by atoms with van der Waals surface area (Å²) in [6.07, 6.45) is 3.17. The molecular weight excluding hydrogens is 226 g/mol. The van der Waals surface area contributed by atoms with Crippen molar-refractivity contribution in [2.75, 3.05) is 11.5 Å². The second-order valence-corrected chi connectivity index (χ2v) is 5.25. The van der Waals surface area contributed by atoms with E-state index in [0.29, 0.717) is 6.42 Å². The van der Waals surface area contributed by atoms with Gasteiger partial charge in [-0.15, -0.1) is 0 Å². The van der Waals surface area contributed by atoms with Crippen molar-refractivity contribution in [1.29, 1.82) is 0 Å². The van der Waals surface area contributed by atoms with Gasteiger partial charge in [0.2, 0.25) is 5.91 Å². The van der Waals surface area contributed by atoms with Gasteiger partial charge in [-0.3, -0.25) is 4.79 Å². The highest BCUT2D eigenvalue weighted by atomic mass is 32.2. The number of thioether (sulfide) groups is 1. The van der Waals surface area contributed by atoms with Crippen molar-refractivity contribution in [3.05, 3.63) is 0 Å². The monoisotopic (exact) mass is 245 g/mol. The van der Waals surface area contributed by atoms with E-state index in [4.69, 9.17) is 5.11 Å². The lowest BCUT2D eigenvalue weighted by molar-refractivity contribution is -0.142. The van der Waals surface area contributed by atoms with Crippen molar-refractivity contribution in [3.8, 4) is 0 Å². The Labute approximate surface area is 100 Å². The Bertz CT molecular complexity index is 252. The maximum absolute atomic E-state index is 11.7. The Kier molecular flexibility index (Phi) is 5.66. The van der Waals surface area contributed by atoms with Crippen LogP contribution in [0, 0.1) is 5.92 Å². The fraction of sp³-hybridized carbons (Fsp3) is 0.818. The van der Waals surface area contributed by atoms with E-state index in [1.165, 1.54) is 0 Å². The van der Waals surface area contributed by atoms with E-state index in [0.717, 1.165) is 30.8 Å². The van der Waals surface area contributed by atoms with Crippen molar-refractivity contribution in [1.82, 2.24) is 5.32 Å². The lowest BCUT2D eigenvalue weighted by Gasteiger charge is -2.16. The molecule has 1 heterocycles. The predicted molar refractivity (Wildman–Crippen MR) is 64.5 cm³/mol. The van der Waals surface area contributed by atoms with E-state index in [1.807, 2.05) is 6.92 Å². The van der Waals surface area contributed by atoms with Gasteiger partial charge in [-0.05, 0) is 18.6 Å². The topological polar surface area (TPSA) is 66.4 Å². The van der Waals surface area contributed by atoms with Crippen molar-refractivity contribution in [2.24, 2.45) is 5.92 Å². The number of carboxylic acid groups (broad SMARTS) is 1. The van der Waals surface area contributed by atoms with E-state index >= 15 is 0 Å². The number of rotatable bonds is 6. The minimum Gasteiger partial charge on any atom is -0.480 e. The molecule has 1 aliphatic rings. The standard InChI is InChI=1S/C11H19NO3S/c1-2-3-4-9(11(14)15)12-10(13)8-5-6-16-7-8/h8-9H,2-7H2,1H3,(H,12,13)(H,14,15). The summed E-state index contributed by atoms with van der Waals surface area (Å²) in [5.41, 5.74) is 0. The first-order valence-corrected chi connectivity index (χ1v) is 6.91. The fourth-order valence-electron chi connectivity index (χ4n) is 1.70.